The molecule has 0 spiro atoms. The fraction of sp³-hybridized carbons (Fsp3) is 0.409. The van der Waals surface area contributed by atoms with E-state index in [0.717, 1.165) is 32.1 Å². The van der Waals surface area contributed by atoms with Gasteiger partial charge in [-0.05, 0) is 41.3 Å². The number of nitrogens with zero attached hydrogens (tertiary/aromatic N) is 2. The van der Waals surface area contributed by atoms with Gasteiger partial charge >= 0.3 is 10.2 Å². The lowest BCUT2D eigenvalue weighted by Crippen LogP contribution is -2.46. The lowest BCUT2D eigenvalue weighted by atomic mass is 9.86. The van der Waals surface area contributed by atoms with Crippen LogP contribution in [0, 0.1) is 5.82 Å². The Labute approximate surface area is 184 Å². The zero-order chi connectivity index (χ0) is 23.2. The number of carbonyl (C=O) groups excluding carboxylic acids is 1. The monoisotopic (exact) mass is 451 g/mol. The van der Waals surface area contributed by atoms with Crippen molar-refractivity contribution in [1.82, 2.24) is 9.62 Å². The topological polar surface area (TPSA) is 79.0 Å². The largest absolute Gasteiger partial charge is 0.491 e. The van der Waals surface area contributed by atoms with E-state index in [4.69, 9.17) is 4.74 Å². The van der Waals surface area contributed by atoms with Crippen LogP contribution >= 0.6 is 0 Å². The lowest BCUT2D eigenvalue weighted by molar-refractivity contribution is -0.119. The minimum Gasteiger partial charge on any atom is -0.491 e. The number of hydrogen-bond donors (Lipinski definition) is 1. The highest BCUT2D eigenvalue weighted by atomic mass is 32.2. The summed E-state index contributed by atoms with van der Waals surface area (Å²) in [5, 5.41) is 2.67. The summed E-state index contributed by atoms with van der Waals surface area (Å²) in [5.41, 5.74) is 1.16. The minimum absolute atomic E-state index is 0.0873. The molecule has 0 fully saturated rings. The third-order valence-corrected chi connectivity index (χ3v) is 6.34. The van der Waals surface area contributed by atoms with Crippen molar-refractivity contribution in [2.24, 2.45) is 0 Å². The molecule has 0 aromatic heterocycles. The molecular weight excluding hydrogens is 421 g/mol. The number of halogens is 1. The van der Waals surface area contributed by atoms with Gasteiger partial charge in [-0.3, -0.25) is 4.79 Å². The molecule has 0 atom stereocenters. The zero-order valence-electron chi connectivity index (χ0n) is 18.6. The molecule has 0 aliphatic rings. The molecule has 0 unspecified atom stereocenters. The number of amides is 1. The molecule has 0 radical (unpaired) electrons. The summed E-state index contributed by atoms with van der Waals surface area (Å²) in [6.07, 6.45) is 0. The smallest absolute Gasteiger partial charge is 0.304 e. The molecule has 2 aromatic rings. The Kier molecular flexibility index (Phi) is 8.02. The van der Waals surface area contributed by atoms with E-state index in [9.17, 15) is 17.6 Å². The second-order valence-corrected chi connectivity index (χ2v) is 10.3. The fourth-order valence-corrected chi connectivity index (χ4v) is 3.92. The van der Waals surface area contributed by atoms with Crippen LogP contribution in [0.15, 0.2) is 48.5 Å². The molecule has 0 aliphatic heterocycles. The molecule has 9 heteroatoms. The van der Waals surface area contributed by atoms with Crippen LogP contribution in [-0.4, -0.2) is 52.4 Å². The van der Waals surface area contributed by atoms with E-state index in [1.807, 2.05) is 24.3 Å². The maximum absolute atomic E-state index is 13.2. The van der Waals surface area contributed by atoms with Gasteiger partial charge in [0.25, 0.3) is 0 Å². The van der Waals surface area contributed by atoms with E-state index in [1.54, 1.807) is 0 Å². The number of carbonyl (C=O) groups is 1. The maximum Gasteiger partial charge on any atom is 0.304 e. The molecule has 170 valence electrons. The van der Waals surface area contributed by atoms with Crippen molar-refractivity contribution in [3.63, 3.8) is 0 Å². The van der Waals surface area contributed by atoms with Crippen LogP contribution in [0.4, 0.5) is 10.1 Å². The van der Waals surface area contributed by atoms with Crippen LogP contribution < -0.4 is 14.4 Å². The van der Waals surface area contributed by atoms with Gasteiger partial charge in [0.2, 0.25) is 5.91 Å². The molecule has 2 rings (SSSR count). The molecule has 1 amide bonds. The van der Waals surface area contributed by atoms with Crippen LogP contribution in [0.25, 0.3) is 0 Å². The van der Waals surface area contributed by atoms with E-state index < -0.39 is 28.5 Å². The van der Waals surface area contributed by atoms with Gasteiger partial charge in [-0.25, -0.2) is 8.70 Å². The third kappa shape index (κ3) is 6.67. The molecular formula is C22H30FN3O4S. The highest BCUT2D eigenvalue weighted by molar-refractivity contribution is 7.90. The molecule has 31 heavy (non-hydrogen) atoms. The number of para-hydroxylation sites is 1. The molecule has 0 aliphatic carbocycles. The van der Waals surface area contributed by atoms with Gasteiger partial charge in [-0.2, -0.15) is 12.7 Å². The average Bonchev–Trinajstić information content (AvgIpc) is 2.69. The average molecular weight is 452 g/mol. The summed E-state index contributed by atoms with van der Waals surface area (Å²) in [7, 11) is -1.21. The molecule has 0 saturated heterocycles. The highest BCUT2D eigenvalue weighted by Crippen LogP contribution is 2.30. The van der Waals surface area contributed by atoms with Crippen LogP contribution in [0.2, 0.25) is 0 Å². The molecule has 0 heterocycles. The summed E-state index contributed by atoms with van der Waals surface area (Å²) in [6, 6.07) is 12.6. The number of rotatable bonds is 9. The molecule has 0 saturated carbocycles. The van der Waals surface area contributed by atoms with Gasteiger partial charge in [0.05, 0.1) is 12.2 Å². The summed E-state index contributed by atoms with van der Waals surface area (Å²) >= 11 is 0. The third-order valence-electron chi connectivity index (χ3n) is 4.52. The van der Waals surface area contributed by atoms with Gasteiger partial charge < -0.3 is 10.1 Å². The highest BCUT2D eigenvalue weighted by Gasteiger charge is 2.27. The fourth-order valence-electron chi connectivity index (χ4n) is 2.86. The Hall–Kier alpha value is -2.65. The van der Waals surface area contributed by atoms with E-state index in [1.165, 1.54) is 26.2 Å². The number of hydrogen-bond acceptors (Lipinski definition) is 4. The van der Waals surface area contributed by atoms with Gasteiger partial charge in [0.1, 0.15) is 24.7 Å². The van der Waals surface area contributed by atoms with E-state index >= 15 is 0 Å². The van der Waals surface area contributed by atoms with Crippen molar-refractivity contribution in [2.45, 2.75) is 26.2 Å². The number of anilines is 1. The Morgan fingerprint density at radius 2 is 1.68 bits per heavy atom. The van der Waals surface area contributed by atoms with Gasteiger partial charge in [0.15, 0.2) is 0 Å². The number of nitrogens with one attached hydrogen (secondary N) is 1. The standard InChI is InChI=1S/C22H30FN3O4S/c1-22(2,3)19-8-6-7-9-20(19)30-15-14-24-21(27)16-26(31(28,29)25(4)5)18-12-10-17(23)11-13-18/h6-13H,14-16H2,1-5H3,(H,24,27). The normalized spacial score (nSPS) is 12.0. The van der Waals surface area contributed by atoms with Crippen molar-refractivity contribution >= 4 is 21.8 Å². The van der Waals surface area contributed by atoms with Gasteiger partial charge in [-0.15, -0.1) is 0 Å². The van der Waals surface area contributed by atoms with Crippen molar-refractivity contribution in [1.29, 1.82) is 0 Å². The summed E-state index contributed by atoms with van der Waals surface area (Å²) in [4.78, 5) is 12.4. The van der Waals surface area contributed by atoms with Gasteiger partial charge in [0, 0.05) is 14.1 Å². The predicted molar refractivity (Wildman–Crippen MR) is 120 cm³/mol. The van der Waals surface area contributed by atoms with E-state index in [2.05, 4.69) is 26.1 Å². The SMILES string of the molecule is CN(C)S(=O)(=O)N(CC(=O)NCCOc1ccccc1C(C)(C)C)c1ccc(F)cc1. The zero-order valence-corrected chi connectivity index (χ0v) is 19.4. The van der Waals surface area contributed by atoms with Crippen molar-refractivity contribution < 1.29 is 22.3 Å². The first kappa shape index (κ1) is 24.6. The summed E-state index contributed by atoms with van der Waals surface area (Å²) in [6.45, 7) is 6.27. The van der Waals surface area contributed by atoms with E-state index in [0.29, 0.717) is 0 Å². The lowest BCUT2D eigenvalue weighted by Gasteiger charge is -2.27. The van der Waals surface area contributed by atoms with Crippen molar-refractivity contribution in [2.75, 3.05) is 38.1 Å². The van der Waals surface area contributed by atoms with Crippen molar-refractivity contribution in [3.05, 3.63) is 59.9 Å². The summed E-state index contributed by atoms with van der Waals surface area (Å²) < 4.78 is 46.3. The van der Waals surface area contributed by atoms with Crippen molar-refractivity contribution in [3.8, 4) is 5.75 Å². The van der Waals surface area contributed by atoms with Gasteiger partial charge in [-0.1, -0.05) is 39.0 Å². The second kappa shape index (κ2) is 10.1. The quantitative estimate of drug-likeness (QED) is 0.595. The Morgan fingerprint density at radius 3 is 2.26 bits per heavy atom. The number of benzene rings is 2. The molecule has 0 bridgehead atoms. The Balaban J connectivity index is 2.00. The predicted octanol–water partition coefficient (Wildman–Crippen LogP) is 2.93. The second-order valence-electron chi connectivity index (χ2n) is 8.22. The minimum atomic E-state index is -3.94. The van der Waals surface area contributed by atoms with E-state index in [-0.39, 0.29) is 24.3 Å². The number of ether oxygens (including phenoxy) is 1. The Morgan fingerprint density at radius 1 is 1.06 bits per heavy atom. The van der Waals surface area contributed by atoms with Crippen LogP contribution in [-0.2, 0) is 20.4 Å². The van der Waals surface area contributed by atoms with Crippen LogP contribution in [0.3, 0.4) is 0 Å². The summed E-state index contributed by atoms with van der Waals surface area (Å²) in [5.74, 6) is -0.252. The Bertz CT molecular complexity index is 987. The molecule has 2 aromatic carbocycles. The molecule has 7 nitrogen and oxygen atoms in total. The first-order chi connectivity index (χ1) is 14.4. The van der Waals surface area contributed by atoms with Crippen LogP contribution in [0.1, 0.15) is 26.3 Å². The maximum atomic E-state index is 13.2. The first-order valence-corrected chi connectivity index (χ1v) is 11.3. The van der Waals surface area contributed by atoms with Crippen LogP contribution in [0.5, 0.6) is 5.75 Å². The first-order valence-electron chi connectivity index (χ1n) is 9.87. The molecule has 1 N–H and O–H groups in total.